The Morgan fingerprint density at radius 3 is 2.83 bits per heavy atom. The molecule has 0 fully saturated rings. The molecular formula is C12H13N5O. The molecule has 0 bridgehead atoms. The summed E-state index contributed by atoms with van der Waals surface area (Å²) >= 11 is 0. The Bertz CT molecular complexity index is 541. The molecule has 0 unspecified atom stereocenters. The highest BCUT2D eigenvalue weighted by atomic mass is 16.5. The summed E-state index contributed by atoms with van der Waals surface area (Å²) in [5.74, 6) is 6.80. The molecule has 6 heteroatoms. The van der Waals surface area contributed by atoms with Crippen LogP contribution in [-0.2, 0) is 17.8 Å². The number of nitrogens with one attached hydrogen (secondary N) is 1. The maximum Gasteiger partial charge on any atom is 0.161 e. The molecule has 0 spiro atoms. The van der Waals surface area contributed by atoms with Crippen LogP contribution in [0.15, 0.2) is 24.5 Å². The monoisotopic (exact) mass is 243 g/mol. The van der Waals surface area contributed by atoms with E-state index in [9.17, 15) is 0 Å². The third kappa shape index (κ3) is 1.92. The van der Waals surface area contributed by atoms with Crippen molar-refractivity contribution in [2.24, 2.45) is 5.84 Å². The number of ether oxygens (including phenoxy) is 1. The van der Waals surface area contributed by atoms with Gasteiger partial charge in [-0.25, -0.2) is 15.8 Å². The van der Waals surface area contributed by atoms with Gasteiger partial charge in [-0.1, -0.05) is 0 Å². The van der Waals surface area contributed by atoms with Gasteiger partial charge in [0.15, 0.2) is 5.82 Å². The van der Waals surface area contributed by atoms with Gasteiger partial charge >= 0.3 is 0 Å². The van der Waals surface area contributed by atoms with E-state index in [0.717, 1.165) is 23.2 Å². The summed E-state index contributed by atoms with van der Waals surface area (Å²) in [6.45, 7) is 1.19. The Balaban J connectivity index is 2.12. The lowest BCUT2D eigenvalue weighted by Crippen LogP contribution is -2.19. The zero-order valence-electron chi connectivity index (χ0n) is 9.76. The van der Waals surface area contributed by atoms with Gasteiger partial charge in [0.2, 0.25) is 0 Å². The van der Waals surface area contributed by atoms with Crippen LogP contribution in [-0.4, -0.2) is 21.6 Å². The molecule has 0 atom stereocenters. The number of nitrogen functional groups attached to an aromatic ring is 1. The molecule has 0 saturated carbocycles. The van der Waals surface area contributed by atoms with Gasteiger partial charge in [-0.15, -0.1) is 0 Å². The number of rotatable bonds is 2. The van der Waals surface area contributed by atoms with Gasteiger partial charge in [0, 0.05) is 29.9 Å². The quantitative estimate of drug-likeness (QED) is 0.602. The van der Waals surface area contributed by atoms with Crippen molar-refractivity contribution in [3.8, 4) is 11.4 Å². The first-order chi connectivity index (χ1) is 8.88. The molecule has 0 radical (unpaired) electrons. The number of anilines is 1. The van der Waals surface area contributed by atoms with Crippen LogP contribution < -0.4 is 11.3 Å². The van der Waals surface area contributed by atoms with E-state index in [-0.39, 0.29) is 0 Å². The Hall–Kier alpha value is -2.05. The van der Waals surface area contributed by atoms with Gasteiger partial charge in [-0.3, -0.25) is 4.98 Å². The van der Waals surface area contributed by atoms with Crippen LogP contribution in [0.3, 0.4) is 0 Å². The van der Waals surface area contributed by atoms with Crippen molar-refractivity contribution in [3.05, 3.63) is 35.8 Å². The summed E-state index contributed by atoms with van der Waals surface area (Å²) in [5, 5.41) is 0. The molecule has 6 nitrogen and oxygen atoms in total. The number of aromatic nitrogens is 3. The summed E-state index contributed by atoms with van der Waals surface area (Å²) in [6, 6.07) is 3.75. The number of hydrogen-bond acceptors (Lipinski definition) is 6. The first-order valence-corrected chi connectivity index (χ1v) is 5.73. The van der Waals surface area contributed by atoms with Crippen molar-refractivity contribution in [1.29, 1.82) is 0 Å². The fraction of sp³-hybridized carbons (Fsp3) is 0.250. The van der Waals surface area contributed by atoms with Crippen LogP contribution in [0.4, 0.5) is 5.82 Å². The maximum absolute atomic E-state index is 5.51. The smallest absolute Gasteiger partial charge is 0.161 e. The Morgan fingerprint density at radius 2 is 2.06 bits per heavy atom. The van der Waals surface area contributed by atoms with Gasteiger partial charge in [0.05, 0.1) is 18.9 Å². The average molecular weight is 243 g/mol. The topological polar surface area (TPSA) is 86.0 Å². The number of hydrazine groups is 1. The van der Waals surface area contributed by atoms with Crippen LogP contribution in [0.25, 0.3) is 11.4 Å². The normalized spacial score (nSPS) is 14.1. The molecule has 2 aromatic heterocycles. The zero-order chi connectivity index (χ0) is 12.4. The maximum atomic E-state index is 5.51. The minimum Gasteiger partial charge on any atom is -0.376 e. The van der Waals surface area contributed by atoms with Crippen molar-refractivity contribution in [2.45, 2.75) is 13.0 Å². The van der Waals surface area contributed by atoms with Gasteiger partial charge < -0.3 is 10.2 Å². The molecule has 3 N–H and O–H groups in total. The Labute approximate surface area is 104 Å². The second-order valence-corrected chi connectivity index (χ2v) is 4.00. The van der Waals surface area contributed by atoms with E-state index >= 15 is 0 Å². The van der Waals surface area contributed by atoms with Crippen LogP contribution in [0.2, 0.25) is 0 Å². The van der Waals surface area contributed by atoms with Gasteiger partial charge in [0.25, 0.3) is 0 Å². The number of pyridine rings is 1. The summed E-state index contributed by atoms with van der Waals surface area (Å²) in [6.07, 6.45) is 4.22. The summed E-state index contributed by atoms with van der Waals surface area (Å²) in [7, 11) is 0. The van der Waals surface area contributed by atoms with Crippen LogP contribution in [0.5, 0.6) is 0 Å². The average Bonchev–Trinajstić information content (AvgIpc) is 2.47. The molecule has 18 heavy (non-hydrogen) atoms. The minimum absolute atomic E-state index is 0.505. The largest absolute Gasteiger partial charge is 0.376 e. The van der Waals surface area contributed by atoms with Gasteiger partial charge in [-0.05, 0) is 12.1 Å². The summed E-state index contributed by atoms with van der Waals surface area (Å²) < 4.78 is 5.40. The van der Waals surface area contributed by atoms with E-state index in [1.807, 2.05) is 12.1 Å². The van der Waals surface area contributed by atoms with Crippen molar-refractivity contribution in [3.63, 3.8) is 0 Å². The van der Waals surface area contributed by atoms with E-state index in [2.05, 4.69) is 20.4 Å². The Morgan fingerprint density at radius 1 is 1.22 bits per heavy atom. The van der Waals surface area contributed by atoms with Gasteiger partial charge in [-0.2, -0.15) is 0 Å². The minimum atomic E-state index is 0.505. The lowest BCUT2D eigenvalue weighted by atomic mass is 10.1. The first-order valence-electron chi connectivity index (χ1n) is 5.73. The third-order valence-electron chi connectivity index (χ3n) is 2.90. The van der Waals surface area contributed by atoms with Crippen LogP contribution in [0.1, 0.15) is 11.3 Å². The van der Waals surface area contributed by atoms with Gasteiger partial charge in [0.1, 0.15) is 5.82 Å². The predicted molar refractivity (Wildman–Crippen MR) is 66.4 cm³/mol. The Kier molecular flexibility index (Phi) is 2.87. The molecule has 3 rings (SSSR count). The third-order valence-corrected chi connectivity index (χ3v) is 2.90. The highest BCUT2D eigenvalue weighted by Gasteiger charge is 2.18. The highest BCUT2D eigenvalue weighted by Crippen LogP contribution is 2.25. The van der Waals surface area contributed by atoms with E-state index in [4.69, 9.17) is 10.6 Å². The van der Waals surface area contributed by atoms with E-state index in [0.29, 0.717) is 24.9 Å². The fourth-order valence-electron chi connectivity index (χ4n) is 1.98. The first kappa shape index (κ1) is 11.1. The predicted octanol–water partition coefficient (Wildman–Crippen LogP) is 0.897. The molecule has 1 aliphatic rings. The highest BCUT2D eigenvalue weighted by molar-refractivity contribution is 5.59. The van der Waals surface area contributed by atoms with Crippen molar-refractivity contribution in [2.75, 3.05) is 12.0 Å². The number of nitrogens with zero attached hydrogens (tertiary/aromatic N) is 3. The van der Waals surface area contributed by atoms with Crippen molar-refractivity contribution in [1.82, 2.24) is 15.0 Å². The molecule has 0 saturated heterocycles. The zero-order valence-corrected chi connectivity index (χ0v) is 9.76. The SMILES string of the molecule is NNc1nc(-c2ccncc2)nc2c1COCC2. The summed E-state index contributed by atoms with van der Waals surface area (Å²) in [5.41, 5.74) is 5.49. The number of fused-ring (bicyclic) bond motifs is 1. The fourth-order valence-corrected chi connectivity index (χ4v) is 1.98. The molecule has 0 aromatic carbocycles. The molecule has 0 amide bonds. The molecule has 3 heterocycles. The standard InChI is InChI=1S/C12H13N5O/c13-17-12-9-7-18-6-3-10(9)15-11(16-12)8-1-4-14-5-2-8/h1-2,4-5H,3,6-7,13H2,(H,15,16,17). The van der Waals surface area contributed by atoms with E-state index in [1.54, 1.807) is 12.4 Å². The van der Waals surface area contributed by atoms with E-state index < -0.39 is 0 Å². The van der Waals surface area contributed by atoms with Crippen molar-refractivity contribution < 1.29 is 4.74 Å². The molecule has 1 aliphatic heterocycles. The lowest BCUT2D eigenvalue weighted by molar-refractivity contribution is 0.109. The second-order valence-electron chi connectivity index (χ2n) is 4.00. The van der Waals surface area contributed by atoms with Crippen LogP contribution >= 0.6 is 0 Å². The second kappa shape index (κ2) is 4.67. The molecule has 92 valence electrons. The van der Waals surface area contributed by atoms with E-state index in [1.165, 1.54) is 0 Å². The van der Waals surface area contributed by atoms with Crippen molar-refractivity contribution >= 4 is 5.82 Å². The number of hydrogen-bond donors (Lipinski definition) is 2. The molecule has 0 aliphatic carbocycles. The molecular weight excluding hydrogens is 230 g/mol. The molecule has 2 aromatic rings. The lowest BCUT2D eigenvalue weighted by Gasteiger charge is -2.19. The number of nitrogens with two attached hydrogens (primary N) is 1. The summed E-state index contributed by atoms with van der Waals surface area (Å²) in [4.78, 5) is 13.0. The van der Waals surface area contributed by atoms with Crippen LogP contribution in [0, 0.1) is 0 Å².